The lowest BCUT2D eigenvalue weighted by Crippen LogP contribution is -2.63. The summed E-state index contributed by atoms with van der Waals surface area (Å²) in [7, 11) is 0. The van der Waals surface area contributed by atoms with Crippen LogP contribution >= 0.6 is 24.0 Å². The summed E-state index contributed by atoms with van der Waals surface area (Å²) < 4.78 is 7.25. The molecule has 9 nitrogen and oxygen atoms in total. The minimum absolute atomic E-state index is 0. The molecule has 2 aromatic rings. The van der Waals surface area contributed by atoms with Gasteiger partial charge in [0.15, 0.2) is 5.96 Å². The minimum Gasteiger partial charge on any atom is -0.444 e. The Balaban J connectivity index is 0.00000320. The van der Waals surface area contributed by atoms with E-state index >= 15 is 0 Å². The molecule has 30 heavy (non-hydrogen) atoms. The average Bonchev–Trinajstić information content (AvgIpc) is 3.15. The van der Waals surface area contributed by atoms with Gasteiger partial charge in [0.05, 0.1) is 12.6 Å². The SMILES string of the molecule is CCNC(=NCc1ccnc(-n2ccnc2)c1)NC1CN(C(=O)OC(C)(C)C)C1.I. The van der Waals surface area contributed by atoms with E-state index in [1.807, 2.05) is 50.6 Å². The van der Waals surface area contributed by atoms with Gasteiger partial charge < -0.3 is 20.3 Å². The first-order valence-electron chi connectivity index (χ1n) is 9.80. The van der Waals surface area contributed by atoms with Crippen LogP contribution in [0, 0.1) is 0 Å². The van der Waals surface area contributed by atoms with Crippen LogP contribution in [0.25, 0.3) is 5.82 Å². The summed E-state index contributed by atoms with van der Waals surface area (Å²) in [6, 6.07) is 4.09. The van der Waals surface area contributed by atoms with Crippen molar-refractivity contribution >= 4 is 36.0 Å². The molecule has 10 heteroatoms. The van der Waals surface area contributed by atoms with E-state index < -0.39 is 5.60 Å². The lowest BCUT2D eigenvalue weighted by molar-refractivity contribution is 0.00701. The third-order valence-corrected chi connectivity index (χ3v) is 4.22. The third kappa shape index (κ3) is 6.85. The Morgan fingerprint density at radius 1 is 1.33 bits per heavy atom. The quantitative estimate of drug-likeness (QED) is 0.353. The molecule has 0 saturated carbocycles. The van der Waals surface area contributed by atoms with Crippen molar-refractivity contribution in [2.45, 2.75) is 45.9 Å². The standard InChI is InChI=1S/C20H29N7O2.HI/c1-5-22-18(25-16-12-27(13-16)19(28)29-20(2,3)4)24-11-15-6-7-23-17(10-15)26-9-8-21-14-26;/h6-10,14,16H,5,11-13H2,1-4H3,(H2,22,24,25);1H. The molecule has 0 bridgehead atoms. The molecular formula is C20H30IN7O2. The van der Waals surface area contributed by atoms with Crippen LogP contribution in [0.3, 0.4) is 0 Å². The van der Waals surface area contributed by atoms with Gasteiger partial charge in [0, 0.05) is 38.2 Å². The normalized spacial score (nSPS) is 14.5. The van der Waals surface area contributed by atoms with Gasteiger partial charge in [0.1, 0.15) is 17.7 Å². The Morgan fingerprint density at radius 2 is 2.10 bits per heavy atom. The highest BCUT2D eigenvalue weighted by Crippen LogP contribution is 2.15. The fourth-order valence-corrected chi connectivity index (χ4v) is 2.82. The second kappa shape index (κ2) is 10.6. The van der Waals surface area contributed by atoms with E-state index in [9.17, 15) is 4.79 Å². The van der Waals surface area contributed by atoms with Gasteiger partial charge in [-0.05, 0) is 45.4 Å². The molecule has 0 spiro atoms. The van der Waals surface area contributed by atoms with Crippen molar-refractivity contribution in [3.8, 4) is 5.82 Å². The summed E-state index contributed by atoms with van der Waals surface area (Å²) in [5.41, 5.74) is 0.566. The molecule has 1 aliphatic rings. The number of nitrogens with zero attached hydrogens (tertiary/aromatic N) is 5. The molecular weight excluding hydrogens is 497 g/mol. The fourth-order valence-electron chi connectivity index (χ4n) is 2.82. The number of aliphatic imine (C=N–C) groups is 1. The lowest BCUT2D eigenvalue weighted by Gasteiger charge is -2.40. The molecule has 0 radical (unpaired) electrons. The number of carbonyl (C=O) groups excluding carboxylic acids is 1. The highest BCUT2D eigenvalue weighted by Gasteiger charge is 2.34. The van der Waals surface area contributed by atoms with E-state index in [0.717, 1.165) is 23.9 Å². The Hall–Kier alpha value is -2.37. The third-order valence-electron chi connectivity index (χ3n) is 4.22. The van der Waals surface area contributed by atoms with Gasteiger partial charge >= 0.3 is 6.09 Å². The molecule has 2 aromatic heterocycles. The molecule has 1 amide bonds. The Morgan fingerprint density at radius 3 is 2.73 bits per heavy atom. The first-order valence-corrected chi connectivity index (χ1v) is 9.80. The van der Waals surface area contributed by atoms with E-state index in [4.69, 9.17) is 4.74 Å². The van der Waals surface area contributed by atoms with Crippen molar-refractivity contribution in [1.29, 1.82) is 0 Å². The van der Waals surface area contributed by atoms with Crippen LogP contribution in [0.2, 0.25) is 0 Å². The zero-order chi connectivity index (χ0) is 20.9. The summed E-state index contributed by atoms with van der Waals surface area (Å²) in [4.78, 5) is 26.8. The average molecular weight is 527 g/mol. The van der Waals surface area contributed by atoms with Gasteiger partial charge in [0.25, 0.3) is 0 Å². The van der Waals surface area contributed by atoms with Crippen molar-refractivity contribution in [3.63, 3.8) is 0 Å². The molecule has 1 aliphatic heterocycles. The Labute approximate surface area is 194 Å². The van der Waals surface area contributed by atoms with E-state index in [2.05, 4.69) is 25.6 Å². The molecule has 0 unspecified atom stereocenters. The summed E-state index contributed by atoms with van der Waals surface area (Å²) in [6.07, 6.45) is 6.79. The Kier molecular flexibility index (Phi) is 8.44. The molecule has 164 valence electrons. The van der Waals surface area contributed by atoms with E-state index in [1.54, 1.807) is 23.6 Å². The summed E-state index contributed by atoms with van der Waals surface area (Å²) >= 11 is 0. The number of likely N-dealkylation sites (tertiary alicyclic amines) is 1. The van der Waals surface area contributed by atoms with Gasteiger partial charge in [-0.2, -0.15) is 0 Å². The van der Waals surface area contributed by atoms with Crippen molar-refractivity contribution < 1.29 is 9.53 Å². The van der Waals surface area contributed by atoms with Gasteiger partial charge in [-0.15, -0.1) is 24.0 Å². The molecule has 3 rings (SSSR count). The number of carbonyl (C=O) groups is 1. The number of amides is 1. The molecule has 0 atom stereocenters. The number of imidazole rings is 1. The number of hydrogen-bond donors (Lipinski definition) is 2. The number of aromatic nitrogens is 3. The predicted molar refractivity (Wildman–Crippen MR) is 126 cm³/mol. The topological polar surface area (TPSA) is 96.7 Å². The van der Waals surface area contributed by atoms with Gasteiger partial charge in [-0.1, -0.05) is 0 Å². The first kappa shape index (κ1) is 23.9. The second-order valence-corrected chi connectivity index (χ2v) is 7.91. The number of ether oxygens (including phenoxy) is 1. The van der Waals surface area contributed by atoms with Gasteiger partial charge in [0.2, 0.25) is 0 Å². The van der Waals surface area contributed by atoms with Crippen molar-refractivity contribution in [3.05, 3.63) is 42.6 Å². The van der Waals surface area contributed by atoms with Crippen molar-refractivity contribution in [1.82, 2.24) is 30.1 Å². The molecule has 2 N–H and O–H groups in total. The number of halogens is 1. The predicted octanol–water partition coefficient (Wildman–Crippen LogP) is 2.56. The number of pyridine rings is 1. The van der Waals surface area contributed by atoms with E-state index in [1.165, 1.54) is 0 Å². The van der Waals surface area contributed by atoms with Crippen LogP contribution in [0.15, 0.2) is 42.0 Å². The Bertz CT molecular complexity index is 843. The van der Waals surface area contributed by atoms with Crippen LogP contribution < -0.4 is 10.6 Å². The van der Waals surface area contributed by atoms with E-state index in [0.29, 0.717) is 19.6 Å². The number of nitrogens with one attached hydrogen (secondary N) is 2. The number of hydrogen-bond acceptors (Lipinski definition) is 5. The van der Waals surface area contributed by atoms with E-state index in [-0.39, 0.29) is 36.1 Å². The van der Waals surface area contributed by atoms with Crippen LogP contribution in [0.5, 0.6) is 0 Å². The van der Waals surface area contributed by atoms with Gasteiger partial charge in [-0.25, -0.2) is 19.8 Å². The van der Waals surface area contributed by atoms with Crippen molar-refractivity contribution in [2.24, 2.45) is 4.99 Å². The molecule has 1 fully saturated rings. The maximum Gasteiger partial charge on any atom is 0.410 e. The molecule has 3 heterocycles. The number of rotatable bonds is 5. The summed E-state index contributed by atoms with van der Waals surface area (Å²) in [5.74, 6) is 1.53. The van der Waals surface area contributed by atoms with Crippen LogP contribution in [0.1, 0.15) is 33.3 Å². The maximum absolute atomic E-state index is 12.1. The highest BCUT2D eigenvalue weighted by molar-refractivity contribution is 14.0. The minimum atomic E-state index is -0.480. The second-order valence-electron chi connectivity index (χ2n) is 7.91. The summed E-state index contributed by atoms with van der Waals surface area (Å²) in [6.45, 7) is 10.1. The maximum atomic E-state index is 12.1. The highest BCUT2D eigenvalue weighted by atomic mass is 127. The smallest absolute Gasteiger partial charge is 0.410 e. The fraction of sp³-hybridized carbons (Fsp3) is 0.500. The number of guanidine groups is 1. The van der Waals surface area contributed by atoms with Crippen LogP contribution in [-0.4, -0.2) is 62.8 Å². The van der Waals surface area contributed by atoms with Gasteiger partial charge in [-0.3, -0.25) is 4.57 Å². The lowest BCUT2D eigenvalue weighted by atomic mass is 10.1. The first-order chi connectivity index (χ1) is 13.8. The van der Waals surface area contributed by atoms with Crippen LogP contribution in [-0.2, 0) is 11.3 Å². The summed E-state index contributed by atoms with van der Waals surface area (Å²) in [5, 5.41) is 6.62. The van der Waals surface area contributed by atoms with Crippen molar-refractivity contribution in [2.75, 3.05) is 19.6 Å². The largest absolute Gasteiger partial charge is 0.444 e. The van der Waals surface area contributed by atoms with Crippen LogP contribution in [0.4, 0.5) is 4.79 Å². The molecule has 0 aromatic carbocycles. The zero-order valence-electron chi connectivity index (χ0n) is 17.8. The zero-order valence-corrected chi connectivity index (χ0v) is 20.2. The molecule has 0 aliphatic carbocycles. The monoisotopic (exact) mass is 527 g/mol. The molecule has 1 saturated heterocycles.